The summed E-state index contributed by atoms with van der Waals surface area (Å²) in [5.74, 6) is -0.337. The highest BCUT2D eigenvalue weighted by Crippen LogP contribution is 2.33. The Morgan fingerprint density at radius 1 is 1.46 bits per heavy atom. The number of methoxy groups -OCH3 is 1. The fraction of sp³-hybridized carbons (Fsp3) is 0.438. The molecule has 1 aromatic rings. The van der Waals surface area contributed by atoms with Crippen LogP contribution in [0.2, 0.25) is 0 Å². The first-order valence-electron chi connectivity index (χ1n) is 7.60. The Morgan fingerprint density at radius 3 is 2.79 bits per heavy atom. The van der Waals surface area contributed by atoms with E-state index in [-0.39, 0.29) is 17.3 Å². The van der Waals surface area contributed by atoms with Crippen LogP contribution in [0.4, 0.5) is 0 Å². The molecular formula is C16H19N3O5. The monoisotopic (exact) mass is 333 g/mol. The van der Waals surface area contributed by atoms with E-state index in [2.05, 4.69) is 10.3 Å². The van der Waals surface area contributed by atoms with E-state index in [4.69, 9.17) is 9.47 Å². The van der Waals surface area contributed by atoms with Crippen molar-refractivity contribution < 1.29 is 19.4 Å². The SMILES string of the molecule is COC1=Cc2c(nc3n(c2=O)[C@H](C)C(=O)N[C@@]3(O)C(C)C)OC=C1. The average molecular weight is 333 g/mol. The van der Waals surface area contributed by atoms with Crippen molar-refractivity contribution >= 4 is 12.0 Å². The molecule has 8 nitrogen and oxygen atoms in total. The van der Waals surface area contributed by atoms with Crippen LogP contribution in [0.3, 0.4) is 0 Å². The molecule has 2 aliphatic rings. The third-order valence-electron chi connectivity index (χ3n) is 4.31. The molecule has 0 radical (unpaired) electrons. The van der Waals surface area contributed by atoms with E-state index in [1.165, 1.54) is 24.0 Å². The fourth-order valence-electron chi connectivity index (χ4n) is 2.72. The van der Waals surface area contributed by atoms with Gasteiger partial charge in [-0.25, -0.2) is 0 Å². The maximum atomic E-state index is 13.0. The zero-order valence-electron chi connectivity index (χ0n) is 13.9. The molecule has 0 unspecified atom stereocenters. The van der Waals surface area contributed by atoms with Crippen LogP contribution in [0.1, 0.15) is 38.2 Å². The summed E-state index contributed by atoms with van der Waals surface area (Å²) in [5.41, 5.74) is -2.08. The zero-order valence-corrected chi connectivity index (χ0v) is 13.9. The smallest absolute Gasteiger partial charge is 0.265 e. The second-order valence-corrected chi connectivity index (χ2v) is 6.09. The second-order valence-electron chi connectivity index (χ2n) is 6.09. The first kappa shape index (κ1) is 16.3. The van der Waals surface area contributed by atoms with Crippen molar-refractivity contribution in [1.82, 2.24) is 14.9 Å². The molecule has 0 saturated carbocycles. The van der Waals surface area contributed by atoms with Crippen LogP contribution in [0, 0.1) is 5.92 Å². The molecule has 0 spiro atoms. The molecule has 1 amide bonds. The minimum atomic E-state index is -1.76. The minimum absolute atomic E-state index is 0.0519. The van der Waals surface area contributed by atoms with Crippen LogP contribution in [0.5, 0.6) is 5.88 Å². The highest BCUT2D eigenvalue weighted by molar-refractivity contribution is 5.82. The molecule has 2 aliphatic heterocycles. The first-order valence-corrected chi connectivity index (χ1v) is 7.60. The van der Waals surface area contributed by atoms with E-state index in [0.29, 0.717) is 5.76 Å². The summed E-state index contributed by atoms with van der Waals surface area (Å²) in [6.45, 7) is 5.02. The molecule has 3 heterocycles. The number of hydrogen-bond acceptors (Lipinski definition) is 6. The second kappa shape index (κ2) is 5.48. The predicted octanol–water partition coefficient (Wildman–Crippen LogP) is 0.629. The van der Waals surface area contributed by atoms with Crippen molar-refractivity contribution in [2.24, 2.45) is 5.92 Å². The van der Waals surface area contributed by atoms with Gasteiger partial charge in [0.05, 0.1) is 13.4 Å². The Hall–Kier alpha value is -2.61. The van der Waals surface area contributed by atoms with Gasteiger partial charge in [-0.1, -0.05) is 13.8 Å². The summed E-state index contributed by atoms with van der Waals surface area (Å²) >= 11 is 0. The largest absolute Gasteiger partial charge is 0.497 e. The van der Waals surface area contributed by atoms with E-state index in [1.807, 2.05) is 0 Å². The Kier molecular flexibility index (Phi) is 3.71. The lowest BCUT2D eigenvalue weighted by Crippen LogP contribution is -2.60. The molecule has 0 aromatic carbocycles. The lowest BCUT2D eigenvalue weighted by Gasteiger charge is -2.40. The number of amides is 1. The maximum absolute atomic E-state index is 13.0. The summed E-state index contributed by atoms with van der Waals surface area (Å²) in [6.07, 6.45) is 4.39. The number of rotatable bonds is 2. The molecule has 0 aliphatic carbocycles. The number of carbonyl (C=O) groups excluding carboxylic acids is 1. The molecule has 2 N–H and O–H groups in total. The number of allylic oxidation sites excluding steroid dienone is 1. The van der Waals surface area contributed by atoms with E-state index in [1.54, 1.807) is 26.8 Å². The van der Waals surface area contributed by atoms with Crippen molar-refractivity contribution in [3.63, 3.8) is 0 Å². The lowest BCUT2D eigenvalue weighted by atomic mass is 9.95. The minimum Gasteiger partial charge on any atom is -0.497 e. The number of nitrogens with zero attached hydrogens (tertiary/aromatic N) is 2. The third-order valence-corrected chi connectivity index (χ3v) is 4.31. The van der Waals surface area contributed by atoms with Crippen LogP contribution < -0.4 is 15.6 Å². The summed E-state index contributed by atoms with van der Waals surface area (Å²) in [7, 11) is 1.47. The van der Waals surface area contributed by atoms with Crippen molar-refractivity contribution in [2.45, 2.75) is 32.5 Å². The molecule has 0 bridgehead atoms. The highest BCUT2D eigenvalue weighted by Gasteiger charge is 2.46. The Bertz CT molecular complexity index is 824. The summed E-state index contributed by atoms with van der Waals surface area (Å²) in [5, 5.41) is 13.5. The summed E-state index contributed by atoms with van der Waals surface area (Å²) < 4.78 is 11.8. The van der Waals surface area contributed by atoms with E-state index in [9.17, 15) is 14.7 Å². The van der Waals surface area contributed by atoms with Crippen LogP contribution in [0.15, 0.2) is 22.9 Å². The molecule has 8 heteroatoms. The third kappa shape index (κ3) is 2.22. The number of aromatic nitrogens is 2. The van der Waals surface area contributed by atoms with E-state index in [0.717, 1.165) is 0 Å². The van der Waals surface area contributed by atoms with Crippen LogP contribution in [-0.4, -0.2) is 27.7 Å². The molecular weight excluding hydrogens is 314 g/mol. The highest BCUT2D eigenvalue weighted by atomic mass is 16.5. The van der Waals surface area contributed by atoms with Gasteiger partial charge in [0.15, 0.2) is 11.5 Å². The van der Waals surface area contributed by atoms with E-state index >= 15 is 0 Å². The van der Waals surface area contributed by atoms with Gasteiger partial charge in [-0.2, -0.15) is 4.98 Å². The molecule has 128 valence electrons. The quantitative estimate of drug-likeness (QED) is 0.823. The Labute approximate surface area is 138 Å². The number of carbonyl (C=O) groups is 1. The maximum Gasteiger partial charge on any atom is 0.265 e. The van der Waals surface area contributed by atoms with Crippen LogP contribution >= 0.6 is 0 Å². The van der Waals surface area contributed by atoms with Gasteiger partial charge in [-0.05, 0) is 13.0 Å². The van der Waals surface area contributed by atoms with Crippen molar-refractivity contribution in [3.05, 3.63) is 39.8 Å². The number of ether oxygens (including phenoxy) is 2. The lowest BCUT2D eigenvalue weighted by molar-refractivity contribution is -0.143. The van der Waals surface area contributed by atoms with Gasteiger partial charge in [0.25, 0.3) is 5.56 Å². The molecule has 3 rings (SSSR count). The first-order chi connectivity index (χ1) is 11.3. The molecule has 0 saturated heterocycles. The van der Waals surface area contributed by atoms with Gasteiger partial charge in [0, 0.05) is 12.0 Å². The summed E-state index contributed by atoms with van der Waals surface area (Å²) in [4.78, 5) is 29.5. The predicted molar refractivity (Wildman–Crippen MR) is 84.8 cm³/mol. The van der Waals surface area contributed by atoms with Crippen molar-refractivity contribution in [3.8, 4) is 5.88 Å². The van der Waals surface area contributed by atoms with Gasteiger partial charge in [0.2, 0.25) is 11.8 Å². The van der Waals surface area contributed by atoms with Crippen LogP contribution in [0.25, 0.3) is 6.08 Å². The van der Waals surface area contributed by atoms with Gasteiger partial charge < -0.3 is 19.9 Å². The zero-order chi connectivity index (χ0) is 17.6. The van der Waals surface area contributed by atoms with E-state index < -0.39 is 29.2 Å². The van der Waals surface area contributed by atoms with Crippen molar-refractivity contribution in [1.29, 1.82) is 0 Å². The molecule has 24 heavy (non-hydrogen) atoms. The Morgan fingerprint density at radius 2 is 2.17 bits per heavy atom. The van der Waals surface area contributed by atoms with Gasteiger partial charge >= 0.3 is 0 Å². The normalized spacial score (nSPS) is 25.2. The molecule has 2 atom stereocenters. The number of hydrogen-bond donors (Lipinski definition) is 2. The number of fused-ring (bicyclic) bond motifs is 2. The van der Waals surface area contributed by atoms with Crippen molar-refractivity contribution in [2.75, 3.05) is 7.11 Å². The van der Waals surface area contributed by atoms with Gasteiger partial charge in [0.1, 0.15) is 17.4 Å². The Balaban J connectivity index is 2.34. The average Bonchev–Trinajstić information content (AvgIpc) is 2.74. The number of nitrogens with one attached hydrogen (secondary N) is 1. The fourth-order valence-corrected chi connectivity index (χ4v) is 2.72. The van der Waals surface area contributed by atoms with Gasteiger partial charge in [-0.3, -0.25) is 14.2 Å². The number of aliphatic hydroxyl groups is 1. The topological polar surface area (TPSA) is 103 Å². The molecule has 0 fully saturated rings. The summed E-state index contributed by atoms with van der Waals surface area (Å²) in [6, 6.07) is -0.806. The van der Waals surface area contributed by atoms with Crippen LogP contribution in [-0.2, 0) is 15.3 Å². The standard InChI is InChI=1S/C16H19N3O5/c1-8(2)16(22)15-17-13-11(7-10(23-4)5-6-24-13)14(21)19(15)9(3)12(20)18-16/h5-9,22H,1-4H3,(H,18,20)/t9-,16-/m1/s1. The molecule has 1 aromatic heterocycles. The van der Waals surface area contributed by atoms with Gasteiger partial charge in [-0.15, -0.1) is 0 Å².